The van der Waals surface area contributed by atoms with Gasteiger partial charge in [-0.1, -0.05) is 36.4 Å². The summed E-state index contributed by atoms with van der Waals surface area (Å²) in [5.74, 6) is -1.08. The summed E-state index contributed by atoms with van der Waals surface area (Å²) in [7, 11) is 1.34. The summed E-state index contributed by atoms with van der Waals surface area (Å²) in [6.07, 6.45) is 0. The van der Waals surface area contributed by atoms with Crippen molar-refractivity contribution in [2.24, 2.45) is 0 Å². The van der Waals surface area contributed by atoms with Crippen LogP contribution in [0.5, 0.6) is 5.75 Å². The maximum atomic E-state index is 13.2. The Morgan fingerprint density at radius 1 is 1.17 bits per heavy atom. The summed E-state index contributed by atoms with van der Waals surface area (Å²) < 4.78 is 19.7. The molecule has 1 amide bonds. The Hall–Kier alpha value is -3.88. The van der Waals surface area contributed by atoms with Crippen LogP contribution in [0.25, 0.3) is 0 Å². The minimum Gasteiger partial charge on any atom is -0.484 e. The zero-order valence-electron chi connectivity index (χ0n) is 15.6. The first kappa shape index (κ1) is 19.9. The minimum absolute atomic E-state index is 0.122. The molecule has 0 fully saturated rings. The van der Waals surface area contributed by atoms with Gasteiger partial charge in [-0.3, -0.25) is 19.1 Å². The smallest absolute Gasteiger partial charge is 0.330 e. The van der Waals surface area contributed by atoms with E-state index in [4.69, 9.17) is 10.5 Å². The standard InChI is InChI=1S/C20H19FN4O4/c1-24(16(26)12-29-15-9-5-8-14(21)10-15)17-18(22)25(20(28)23-19(17)27)11-13-6-3-2-4-7-13/h2-10H,11-12,22H2,1H3,(H,23,27,28). The fourth-order valence-corrected chi connectivity index (χ4v) is 2.75. The number of likely N-dealkylation sites (N-methyl/N-ethyl adjacent to an activating group) is 1. The minimum atomic E-state index is -0.793. The van der Waals surface area contributed by atoms with E-state index in [1.807, 2.05) is 18.2 Å². The largest absolute Gasteiger partial charge is 0.484 e. The molecule has 2 aromatic carbocycles. The van der Waals surface area contributed by atoms with E-state index in [-0.39, 0.29) is 23.8 Å². The third-order valence-corrected chi connectivity index (χ3v) is 4.27. The average Bonchev–Trinajstić information content (AvgIpc) is 2.70. The number of nitrogens with zero attached hydrogens (tertiary/aromatic N) is 2. The van der Waals surface area contributed by atoms with Gasteiger partial charge in [-0.2, -0.15) is 0 Å². The first-order valence-corrected chi connectivity index (χ1v) is 8.68. The van der Waals surface area contributed by atoms with Crippen molar-refractivity contribution in [1.29, 1.82) is 0 Å². The molecule has 29 heavy (non-hydrogen) atoms. The molecule has 9 heteroatoms. The van der Waals surface area contributed by atoms with Gasteiger partial charge in [0.1, 0.15) is 17.4 Å². The molecule has 1 aromatic heterocycles. The van der Waals surface area contributed by atoms with Gasteiger partial charge < -0.3 is 15.4 Å². The second kappa shape index (κ2) is 8.42. The number of nitrogens with one attached hydrogen (secondary N) is 1. The lowest BCUT2D eigenvalue weighted by atomic mass is 10.2. The van der Waals surface area contributed by atoms with Crippen molar-refractivity contribution in [1.82, 2.24) is 9.55 Å². The Morgan fingerprint density at radius 2 is 1.90 bits per heavy atom. The number of rotatable bonds is 6. The van der Waals surface area contributed by atoms with Crippen molar-refractivity contribution >= 4 is 17.4 Å². The fraction of sp³-hybridized carbons (Fsp3) is 0.150. The van der Waals surface area contributed by atoms with Crippen LogP contribution >= 0.6 is 0 Å². The molecular weight excluding hydrogens is 379 g/mol. The normalized spacial score (nSPS) is 10.6. The van der Waals surface area contributed by atoms with Gasteiger partial charge in [0.2, 0.25) is 0 Å². The van der Waals surface area contributed by atoms with E-state index in [2.05, 4.69) is 4.98 Å². The van der Waals surface area contributed by atoms with E-state index < -0.39 is 29.6 Å². The van der Waals surface area contributed by atoms with Crippen molar-refractivity contribution in [3.63, 3.8) is 0 Å². The second-order valence-electron chi connectivity index (χ2n) is 6.26. The van der Waals surface area contributed by atoms with Gasteiger partial charge in [0.25, 0.3) is 11.5 Å². The van der Waals surface area contributed by atoms with Gasteiger partial charge >= 0.3 is 5.69 Å². The molecule has 0 aliphatic rings. The molecule has 0 saturated heterocycles. The molecule has 0 radical (unpaired) electrons. The van der Waals surface area contributed by atoms with Gasteiger partial charge in [-0.25, -0.2) is 9.18 Å². The number of benzene rings is 2. The molecule has 3 aromatic rings. The number of amides is 1. The molecule has 0 spiro atoms. The van der Waals surface area contributed by atoms with Crippen molar-refractivity contribution in [2.45, 2.75) is 6.54 Å². The quantitative estimate of drug-likeness (QED) is 0.651. The lowest BCUT2D eigenvalue weighted by molar-refractivity contribution is -0.120. The highest BCUT2D eigenvalue weighted by Gasteiger charge is 2.21. The summed E-state index contributed by atoms with van der Waals surface area (Å²) in [5.41, 5.74) is 5.20. The third kappa shape index (κ3) is 4.52. The number of aromatic nitrogens is 2. The predicted octanol–water partition coefficient (Wildman–Crippen LogP) is 1.35. The number of carbonyl (C=O) groups excluding carboxylic acids is 1. The SMILES string of the molecule is CN(C(=O)COc1cccc(F)c1)c1c(N)n(Cc2ccccc2)c(=O)[nH]c1=O. The summed E-state index contributed by atoms with van der Waals surface area (Å²) >= 11 is 0. The molecule has 0 unspecified atom stereocenters. The van der Waals surface area contributed by atoms with Crippen LogP contribution in [0.1, 0.15) is 5.56 Å². The molecular formula is C20H19FN4O4. The molecule has 8 nitrogen and oxygen atoms in total. The van der Waals surface area contributed by atoms with Gasteiger partial charge in [0, 0.05) is 13.1 Å². The molecule has 0 saturated carbocycles. The Labute approximate surface area is 165 Å². The fourth-order valence-electron chi connectivity index (χ4n) is 2.75. The Morgan fingerprint density at radius 3 is 2.59 bits per heavy atom. The van der Waals surface area contributed by atoms with Gasteiger partial charge in [0.15, 0.2) is 12.3 Å². The van der Waals surface area contributed by atoms with Crippen LogP contribution < -0.4 is 26.6 Å². The lowest BCUT2D eigenvalue weighted by Gasteiger charge is -2.20. The van der Waals surface area contributed by atoms with E-state index in [0.717, 1.165) is 16.5 Å². The first-order valence-electron chi connectivity index (χ1n) is 8.68. The molecule has 150 valence electrons. The third-order valence-electron chi connectivity index (χ3n) is 4.27. The predicted molar refractivity (Wildman–Crippen MR) is 107 cm³/mol. The van der Waals surface area contributed by atoms with Gasteiger partial charge in [-0.05, 0) is 17.7 Å². The number of nitrogen functional groups attached to an aromatic ring is 1. The van der Waals surface area contributed by atoms with Crippen LogP contribution in [0.2, 0.25) is 0 Å². The van der Waals surface area contributed by atoms with Crippen LogP contribution in [0.15, 0.2) is 64.2 Å². The monoisotopic (exact) mass is 398 g/mol. The number of ether oxygens (including phenoxy) is 1. The summed E-state index contributed by atoms with van der Waals surface area (Å²) in [6.45, 7) is -0.326. The van der Waals surface area contributed by atoms with E-state index in [1.165, 1.54) is 29.8 Å². The second-order valence-corrected chi connectivity index (χ2v) is 6.26. The first-order chi connectivity index (χ1) is 13.9. The maximum Gasteiger partial charge on any atom is 0.330 e. The number of hydrogen-bond acceptors (Lipinski definition) is 5. The number of aromatic amines is 1. The van der Waals surface area contributed by atoms with E-state index in [9.17, 15) is 18.8 Å². The molecule has 1 heterocycles. The van der Waals surface area contributed by atoms with E-state index >= 15 is 0 Å². The zero-order chi connectivity index (χ0) is 21.0. The number of carbonyl (C=O) groups is 1. The summed E-state index contributed by atoms with van der Waals surface area (Å²) in [6, 6.07) is 14.4. The number of nitrogens with two attached hydrogens (primary N) is 1. The topological polar surface area (TPSA) is 110 Å². The molecule has 0 atom stereocenters. The van der Waals surface area contributed by atoms with Crippen LogP contribution in [-0.4, -0.2) is 29.1 Å². The maximum absolute atomic E-state index is 13.2. The lowest BCUT2D eigenvalue weighted by Crippen LogP contribution is -2.41. The molecule has 0 aliphatic heterocycles. The number of anilines is 2. The highest BCUT2D eigenvalue weighted by atomic mass is 19.1. The molecule has 0 aliphatic carbocycles. The van der Waals surface area contributed by atoms with Crippen molar-refractivity contribution in [3.05, 3.63) is 86.8 Å². The highest BCUT2D eigenvalue weighted by molar-refractivity contribution is 5.96. The van der Waals surface area contributed by atoms with Crippen LogP contribution in [0.4, 0.5) is 15.9 Å². The van der Waals surface area contributed by atoms with E-state index in [0.29, 0.717) is 0 Å². The number of halogens is 1. The summed E-state index contributed by atoms with van der Waals surface area (Å²) in [5, 5.41) is 0. The van der Waals surface area contributed by atoms with Crippen molar-refractivity contribution < 1.29 is 13.9 Å². The van der Waals surface area contributed by atoms with Gasteiger partial charge in [0.05, 0.1) is 6.54 Å². The number of H-pyrrole nitrogens is 1. The zero-order valence-corrected chi connectivity index (χ0v) is 15.6. The van der Waals surface area contributed by atoms with Crippen molar-refractivity contribution in [2.75, 3.05) is 24.3 Å². The summed E-state index contributed by atoms with van der Waals surface area (Å²) in [4.78, 5) is 40.2. The Bertz CT molecular complexity index is 1140. The van der Waals surface area contributed by atoms with Crippen molar-refractivity contribution in [3.8, 4) is 5.75 Å². The van der Waals surface area contributed by atoms with Crippen LogP contribution in [0, 0.1) is 5.82 Å². The van der Waals surface area contributed by atoms with Gasteiger partial charge in [-0.15, -0.1) is 0 Å². The number of hydrogen-bond donors (Lipinski definition) is 2. The molecule has 3 rings (SSSR count). The molecule has 3 N–H and O–H groups in total. The van der Waals surface area contributed by atoms with Crippen LogP contribution in [-0.2, 0) is 11.3 Å². The van der Waals surface area contributed by atoms with E-state index in [1.54, 1.807) is 12.1 Å². The molecule has 0 bridgehead atoms. The average molecular weight is 398 g/mol. The Kier molecular flexibility index (Phi) is 5.77. The Balaban J connectivity index is 1.85. The highest BCUT2D eigenvalue weighted by Crippen LogP contribution is 2.17. The van der Waals surface area contributed by atoms with Crippen LogP contribution in [0.3, 0.4) is 0 Å².